The maximum atomic E-state index is 12.9. The summed E-state index contributed by atoms with van der Waals surface area (Å²) in [4.78, 5) is 22.6. The molecule has 0 atom stereocenters. The number of nitrogens with zero attached hydrogens (tertiary/aromatic N) is 5. The first-order chi connectivity index (χ1) is 17.2. The molecule has 2 amide bonds. The summed E-state index contributed by atoms with van der Waals surface area (Å²) in [5.74, 6) is 4.25. The second-order valence-electron chi connectivity index (χ2n) is 11.9. The normalized spacial score (nSPS) is 24.9. The third kappa shape index (κ3) is 3.97. The minimum absolute atomic E-state index is 0.178. The van der Waals surface area contributed by atoms with Gasteiger partial charge in [-0.3, -0.25) is 4.90 Å². The van der Waals surface area contributed by atoms with E-state index in [9.17, 15) is 18.0 Å². The van der Waals surface area contributed by atoms with Crippen LogP contribution in [0.3, 0.4) is 0 Å². The van der Waals surface area contributed by atoms with E-state index in [-0.39, 0.29) is 11.4 Å². The summed E-state index contributed by atoms with van der Waals surface area (Å²) in [5.41, 5.74) is 0.585. The number of likely N-dealkylation sites (tertiary alicyclic amines) is 3. The van der Waals surface area contributed by atoms with Crippen molar-refractivity contribution in [2.75, 3.05) is 39.3 Å². The predicted molar refractivity (Wildman–Crippen MR) is 125 cm³/mol. The number of benzene rings is 1. The molecule has 192 valence electrons. The third-order valence-electron chi connectivity index (χ3n) is 9.07. The molecule has 10 heteroatoms. The fourth-order valence-corrected chi connectivity index (χ4v) is 6.61. The van der Waals surface area contributed by atoms with Crippen molar-refractivity contribution < 1.29 is 18.0 Å². The predicted octanol–water partition coefficient (Wildman–Crippen LogP) is 4.06. The summed E-state index contributed by atoms with van der Waals surface area (Å²) >= 11 is 0. The van der Waals surface area contributed by atoms with E-state index in [2.05, 4.69) is 20.1 Å². The van der Waals surface area contributed by atoms with Crippen molar-refractivity contribution in [1.82, 2.24) is 29.9 Å². The summed E-state index contributed by atoms with van der Waals surface area (Å²) in [6.45, 7) is 5.95. The van der Waals surface area contributed by atoms with E-state index in [0.717, 1.165) is 81.5 Å². The molecule has 2 saturated carbocycles. The molecule has 1 aromatic heterocycles. The molecule has 5 aliphatic rings. The summed E-state index contributed by atoms with van der Waals surface area (Å²) in [5, 5.41) is 8.68. The number of amides is 2. The first-order valence-electron chi connectivity index (χ1n) is 13.1. The molecule has 3 aliphatic heterocycles. The van der Waals surface area contributed by atoms with Crippen molar-refractivity contribution in [1.29, 1.82) is 0 Å². The maximum Gasteiger partial charge on any atom is 0.416 e. The molecule has 5 fully saturated rings. The van der Waals surface area contributed by atoms with Crippen LogP contribution in [0.1, 0.15) is 60.3 Å². The monoisotopic (exact) mass is 500 g/mol. The first kappa shape index (κ1) is 22.6. The highest BCUT2D eigenvalue weighted by Crippen LogP contribution is 2.56. The van der Waals surface area contributed by atoms with Gasteiger partial charge in [0.1, 0.15) is 11.6 Å². The van der Waals surface area contributed by atoms with Crippen LogP contribution in [0, 0.1) is 17.3 Å². The zero-order valence-corrected chi connectivity index (χ0v) is 20.2. The molecule has 0 bridgehead atoms. The van der Waals surface area contributed by atoms with Crippen LogP contribution in [0.2, 0.25) is 0 Å². The van der Waals surface area contributed by atoms with E-state index in [1.54, 1.807) is 12.1 Å². The number of halogens is 3. The molecular weight excluding hydrogens is 469 g/mol. The number of aromatic nitrogens is 3. The zero-order valence-electron chi connectivity index (χ0n) is 20.2. The van der Waals surface area contributed by atoms with Crippen LogP contribution in [-0.2, 0) is 12.7 Å². The molecule has 2 aromatic rings. The minimum Gasteiger partial charge on any atom is -0.328 e. The minimum atomic E-state index is -4.29. The van der Waals surface area contributed by atoms with Gasteiger partial charge in [0.25, 0.3) is 0 Å². The standard InChI is InChI=1S/C26H31F3N6O/c27-26(28,29)21-5-1-16(2-6-21)9-33-10-19(11-33)20-12-34(13-20)24(36)35-14-25(15-35)7-18(8-25)23-30-22(31-32-23)17-3-4-17/h1-2,5-6,17-20H,3-4,7-15H2,(H,30,31,32). The fourth-order valence-electron chi connectivity index (χ4n) is 6.61. The number of carbonyl (C=O) groups excluding carboxylic acids is 1. The third-order valence-corrected chi connectivity index (χ3v) is 9.07. The van der Waals surface area contributed by atoms with Gasteiger partial charge in [-0.2, -0.15) is 13.2 Å². The number of rotatable bonds is 5. The number of hydrogen-bond acceptors (Lipinski definition) is 4. The summed E-state index contributed by atoms with van der Waals surface area (Å²) in [7, 11) is 0. The Labute approximate surface area is 208 Å². The second kappa shape index (κ2) is 7.94. The lowest BCUT2D eigenvalue weighted by Crippen LogP contribution is -2.68. The second-order valence-corrected chi connectivity index (χ2v) is 11.9. The summed E-state index contributed by atoms with van der Waals surface area (Å²) in [6.07, 6.45) is 0.339. The van der Waals surface area contributed by atoms with Crippen LogP contribution in [0.15, 0.2) is 24.3 Å². The van der Waals surface area contributed by atoms with Gasteiger partial charge in [-0.05, 0) is 55.2 Å². The molecule has 0 unspecified atom stereocenters. The lowest BCUT2D eigenvalue weighted by Gasteiger charge is -2.60. The van der Waals surface area contributed by atoms with E-state index in [4.69, 9.17) is 0 Å². The number of carbonyl (C=O) groups is 1. The molecule has 3 saturated heterocycles. The Morgan fingerprint density at radius 2 is 1.53 bits per heavy atom. The van der Waals surface area contributed by atoms with Crippen molar-refractivity contribution >= 4 is 6.03 Å². The molecule has 0 radical (unpaired) electrons. The van der Waals surface area contributed by atoms with Crippen molar-refractivity contribution in [3.8, 4) is 0 Å². The molecule has 1 N–H and O–H groups in total. The van der Waals surface area contributed by atoms with Gasteiger partial charge in [0.2, 0.25) is 0 Å². The lowest BCUT2D eigenvalue weighted by atomic mass is 9.57. The fraction of sp³-hybridized carbons (Fsp3) is 0.654. The van der Waals surface area contributed by atoms with Gasteiger partial charge < -0.3 is 14.8 Å². The first-order valence-corrected chi connectivity index (χ1v) is 13.1. The van der Waals surface area contributed by atoms with E-state index >= 15 is 0 Å². The van der Waals surface area contributed by atoms with Gasteiger partial charge in [-0.1, -0.05) is 12.1 Å². The van der Waals surface area contributed by atoms with Crippen molar-refractivity contribution in [3.63, 3.8) is 0 Å². The highest BCUT2D eigenvalue weighted by Gasteiger charge is 2.56. The number of nitrogens with one attached hydrogen (secondary N) is 1. The number of hydrogen-bond donors (Lipinski definition) is 1. The van der Waals surface area contributed by atoms with Crippen LogP contribution < -0.4 is 0 Å². The van der Waals surface area contributed by atoms with Crippen LogP contribution in [-0.4, -0.2) is 75.2 Å². The smallest absolute Gasteiger partial charge is 0.328 e. The molecule has 1 aromatic carbocycles. The Morgan fingerprint density at radius 3 is 2.14 bits per heavy atom. The van der Waals surface area contributed by atoms with Crippen molar-refractivity contribution in [2.24, 2.45) is 17.3 Å². The Bertz CT molecular complexity index is 1130. The number of H-pyrrole nitrogens is 1. The summed E-state index contributed by atoms with van der Waals surface area (Å²) < 4.78 is 38.2. The molecule has 7 rings (SSSR count). The van der Waals surface area contributed by atoms with Crippen molar-refractivity contribution in [3.05, 3.63) is 47.0 Å². The highest BCUT2D eigenvalue weighted by molar-refractivity contribution is 5.76. The Morgan fingerprint density at radius 1 is 0.917 bits per heavy atom. The Balaban J connectivity index is 0.812. The Kier molecular flexibility index (Phi) is 4.98. The Hall–Kier alpha value is -2.62. The van der Waals surface area contributed by atoms with Gasteiger partial charge in [0.05, 0.1) is 5.56 Å². The van der Waals surface area contributed by atoms with E-state index in [1.165, 1.54) is 12.8 Å². The quantitative estimate of drug-likeness (QED) is 0.672. The van der Waals surface area contributed by atoms with Gasteiger partial charge in [-0.15, -0.1) is 10.2 Å². The number of alkyl halides is 3. The molecular formula is C26H31F3N6O. The number of urea groups is 1. The molecule has 2 aliphatic carbocycles. The lowest BCUT2D eigenvalue weighted by molar-refractivity contribution is -0.137. The van der Waals surface area contributed by atoms with Gasteiger partial charge in [0.15, 0.2) is 0 Å². The van der Waals surface area contributed by atoms with E-state index < -0.39 is 11.7 Å². The summed E-state index contributed by atoms with van der Waals surface area (Å²) in [6, 6.07) is 5.63. The molecule has 4 heterocycles. The maximum absolute atomic E-state index is 12.9. The van der Waals surface area contributed by atoms with Crippen LogP contribution in [0.25, 0.3) is 0 Å². The van der Waals surface area contributed by atoms with Crippen LogP contribution in [0.5, 0.6) is 0 Å². The van der Waals surface area contributed by atoms with Crippen LogP contribution >= 0.6 is 0 Å². The van der Waals surface area contributed by atoms with Gasteiger partial charge in [-0.25, -0.2) is 4.79 Å². The van der Waals surface area contributed by atoms with Crippen molar-refractivity contribution in [2.45, 2.75) is 50.2 Å². The van der Waals surface area contributed by atoms with Gasteiger partial charge in [0, 0.05) is 63.1 Å². The SMILES string of the molecule is O=C(N1CC(C2CN(Cc3ccc(C(F)(F)F)cc3)C2)C1)N1CC2(CC(c3nnc(C4CC4)[nH]3)C2)C1. The van der Waals surface area contributed by atoms with Crippen LogP contribution in [0.4, 0.5) is 18.0 Å². The highest BCUT2D eigenvalue weighted by atomic mass is 19.4. The number of aromatic amines is 1. The molecule has 1 spiro atoms. The molecule has 7 nitrogen and oxygen atoms in total. The average molecular weight is 501 g/mol. The topological polar surface area (TPSA) is 68.4 Å². The average Bonchev–Trinajstić information content (AvgIpc) is 3.46. The zero-order chi connectivity index (χ0) is 24.7. The van der Waals surface area contributed by atoms with E-state index in [0.29, 0.717) is 30.2 Å². The van der Waals surface area contributed by atoms with Gasteiger partial charge >= 0.3 is 12.2 Å². The molecule has 36 heavy (non-hydrogen) atoms. The van der Waals surface area contributed by atoms with E-state index in [1.807, 2.05) is 9.80 Å². The largest absolute Gasteiger partial charge is 0.416 e.